The molecule has 1 fully saturated rings. The summed E-state index contributed by atoms with van der Waals surface area (Å²) in [7, 11) is 4.31. The van der Waals surface area contributed by atoms with Crippen molar-refractivity contribution in [2.45, 2.75) is 70.4 Å². The first kappa shape index (κ1) is 23.6. The molecule has 1 saturated carbocycles. The van der Waals surface area contributed by atoms with E-state index in [1.54, 1.807) is 4.90 Å². The summed E-state index contributed by atoms with van der Waals surface area (Å²) in [6.45, 7) is 9.05. The first-order chi connectivity index (χ1) is 13.8. The Bertz CT molecular complexity index is 676. The zero-order valence-electron chi connectivity index (χ0n) is 18.5. The highest BCUT2D eigenvalue weighted by molar-refractivity contribution is 7.10. The van der Waals surface area contributed by atoms with Crippen molar-refractivity contribution >= 4 is 23.2 Å². The summed E-state index contributed by atoms with van der Waals surface area (Å²) in [6, 6.07) is 4.59. The number of likely N-dealkylation sites (N-methyl/N-ethyl adjacent to an activating group) is 1. The number of nitrogens with zero attached hydrogens (tertiary/aromatic N) is 2. The summed E-state index contributed by atoms with van der Waals surface area (Å²) in [4.78, 5) is 30.2. The van der Waals surface area contributed by atoms with E-state index in [1.165, 1.54) is 4.88 Å². The van der Waals surface area contributed by atoms with E-state index in [1.807, 2.05) is 25.2 Å². The van der Waals surface area contributed by atoms with Gasteiger partial charge >= 0.3 is 0 Å². The molecule has 29 heavy (non-hydrogen) atoms. The molecule has 1 aromatic rings. The lowest BCUT2D eigenvalue weighted by Gasteiger charge is -2.44. The zero-order chi connectivity index (χ0) is 21.4. The van der Waals surface area contributed by atoms with Gasteiger partial charge < -0.3 is 10.2 Å². The Morgan fingerprint density at radius 2 is 1.97 bits per heavy atom. The highest BCUT2D eigenvalue weighted by Gasteiger charge is 2.39. The van der Waals surface area contributed by atoms with Crippen LogP contribution in [0.2, 0.25) is 0 Å². The Morgan fingerprint density at radius 1 is 1.28 bits per heavy atom. The Hall–Kier alpha value is -1.66. The van der Waals surface area contributed by atoms with Crippen LogP contribution in [0.5, 0.6) is 0 Å². The number of thiophene rings is 1. The van der Waals surface area contributed by atoms with Gasteiger partial charge in [-0.25, -0.2) is 0 Å². The second-order valence-corrected chi connectivity index (χ2v) is 9.41. The number of hydrogen-bond acceptors (Lipinski definition) is 4. The van der Waals surface area contributed by atoms with Crippen molar-refractivity contribution in [3.05, 3.63) is 34.5 Å². The van der Waals surface area contributed by atoms with Gasteiger partial charge in [0.05, 0.1) is 5.54 Å². The number of hydrogen-bond donors (Lipinski definition) is 1. The van der Waals surface area contributed by atoms with Gasteiger partial charge in [-0.2, -0.15) is 0 Å². The quantitative estimate of drug-likeness (QED) is 0.580. The Balaban J connectivity index is 1.75. The molecule has 0 saturated heterocycles. The summed E-state index contributed by atoms with van der Waals surface area (Å²) in [6.07, 6.45) is 5.51. The van der Waals surface area contributed by atoms with Crippen molar-refractivity contribution < 1.29 is 9.59 Å². The highest BCUT2D eigenvalue weighted by Crippen LogP contribution is 2.42. The average Bonchev–Trinajstić information content (AvgIpc) is 3.21. The predicted molar refractivity (Wildman–Crippen MR) is 121 cm³/mol. The summed E-state index contributed by atoms with van der Waals surface area (Å²) >= 11 is 1.82. The maximum Gasteiger partial charge on any atom is 0.222 e. The SMILES string of the molecule is C=C(C)CN(CC)C(=O)CCCC(=O)NC1CCC(c2cccs2)(N(C)C)CC1. The van der Waals surface area contributed by atoms with Crippen LogP contribution in [0, 0.1) is 0 Å². The van der Waals surface area contributed by atoms with Gasteiger partial charge in [0.15, 0.2) is 0 Å². The van der Waals surface area contributed by atoms with Crippen LogP contribution in [-0.4, -0.2) is 54.8 Å². The van der Waals surface area contributed by atoms with E-state index >= 15 is 0 Å². The molecule has 1 aliphatic carbocycles. The molecule has 5 nitrogen and oxygen atoms in total. The van der Waals surface area contributed by atoms with Crippen LogP contribution in [0.4, 0.5) is 0 Å². The first-order valence-corrected chi connectivity index (χ1v) is 11.6. The van der Waals surface area contributed by atoms with E-state index in [4.69, 9.17) is 0 Å². The molecule has 0 atom stereocenters. The van der Waals surface area contributed by atoms with Crippen molar-refractivity contribution in [1.82, 2.24) is 15.1 Å². The van der Waals surface area contributed by atoms with E-state index in [2.05, 4.69) is 48.4 Å². The third kappa shape index (κ3) is 6.41. The van der Waals surface area contributed by atoms with Gasteiger partial charge in [0, 0.05) is 36.9 Å². The second kappa shape index (κ2) is 10.9. The van der Waals surface area contributed by atoms with Gasteiger partial charge in [-0.05, 0) is 71.5 Å². The molecule has 6 heteroatoms. The molecule has 1 heterocycles. The number of carbonyl (C=O) groups excluding carboxylic acids is 2. The molecule has 1 aromatic heterocycles. The minimum Gasteiger partial charge on any atom is -0.353 e. The minimum atomic E-state index is 0.0687. The molecule has 2 amide bonds. The molecular formula is C23H37N3O2S. The number of carbonyl (C=O) groups is 2. The second-order valence-electron chi connectivity index (χ2n) is 8.46. The van der Waals surface area contributed by atoms with Gasteiger partial charge in [-0.15, -0.1) is 11.3 Å². The van der Waals surface area contributed by atoms with E-state index in [9.17, 15) is 9.59 Å². The molecule has 0 spiro atoms. The van der Waals surface area contributed by atoms with Crippen molar-refractivity contribution in [2.24, 2.45) is 0 Å². The molecule has 1 N–H and O–H groups in total. The fourth-order valence-corrected chi connectivity index (χ4v) is 5.32. The predicted octanol–water partition coefficient (Wildman–Crippen LogP) is 4.16. The summed E-state index contributed by atoms with van der Waals surface area (Å²) < 4.78 is 0. The van der Waals surface area contributed by atoms with Crippen LogP contribution in [0.1, 0.15) is 63.7 Å². The molecule has 2 rings (SSSR count). The van der Waals surface area contributed by atoms with Crippen molar-refractivity contribution in [3.63, 3.8) is 0 Å². The molecule has 0 radical (unpaired) electrons. The maximum atomic E-state index is 12.4. The van der Waals surface area contributed by atoms with Gasteiger partial charge in [0.25, 0.3) is 0 Å². The number of nitrogens with one attached hydrogen (secondary N) is 1. The lowest BCUT2D eigenvalue weighted by molar-refractivity contribution is -0.130. The van der Waals surface area contributed by atoms with Crippen LogP contribution in [0.3, 0.4) is 0 Å². The third-order valence-corrected chi connectivity index (χ3v) is 7.07. The molecule has 0 unspecified atom stereocenters. The summed E-state index contributed by atoms with van der Waals surface area (Å²) in [5.41, 5.74) is 1.07. The molecule has 162 valence electrons. The first-order valence-electron chi connectivity index (χ1n) is 10.7. The van der Waals surface area contributed by atoms with E-state index < -0.39 is 0 Å². The molecular weight excluding hydrogens is 382 g/mol. The lowest BCUT2D eigenvalue weighted by atomic mass is 9.77. The maximum absolute atomic E-state index is 12.4. The average molecular weight is 420 g/mol. The van der Waals surface area contributed by atoms with Crippen molar-refractivity contribution in [1.29, 1.82) is 0 Å². The normalized spacial score (nSPS) is 21.8. The lowest BCUT2D eigenvalue weighted by Crippen LogP contribution is -2.48. The van der Waals surface area contributed by atoms with Crippen LogP contribution in [0.25, 0.3) is 0 Å². The van der Waals surface area contributed by atoms with Gasteiger partial charge in [0.2, 0.25) is 11.8 Å². The topological polar surface area (TPSA) is 52.7 Å². The van der Waals surface area contributed by atoms with E-state index in [0.717, 1.165) is 31.3 Å². The van der Waals surface area contributed by atoms with Gasteiger partial charge in [-0.1, -0.05) is 18.2 Å². The van der Waals surface area contributed by atoms with Crippen LogP contribution >= 0.6 is 11.3 Å². The molecule has 0 aliphatic heterocycles. The number of amides is 2. The Labute approximate surface area is 180 Å². The molecule has 0 aromatic carbocycles. The fourth-order valence-electron chi connectivity index (χ4n) is 4.26. The third-order valence-electron chi connectivity index (χ3n) is 6.00. The van der Waals surface area contributed by atoms with Crippen molar-refractivity contribution in [2.75, 3.05) is 27.2 Å². The van der Waals surface area contributed by atoms with Crippen molar-refractivity contribution in [3.8, 4) is 0 Å². The Morgan fingerprint density at radius 3 is 2.48 bits per heavy atom. The monoisotopic (exact) mass is 419 g/mol. The minimum absolute atomic E-state index is 0.0687. The van der Waals surface area contributed by atoms with Gasteiger partial charge in [0.1, 0.15) is 0 Å². The van der Waals surface area contributed by atoms with E-state index in [0.29, 0.717) is 32.4 Å². The van der Waals surface area contributed by atoms with E-state index in [-0.39, 0.29) is 23.4 Å². The molecule has 1 aliphatic rings. The largest absolute Gasteiger partial charge is 0.353 e. The highest BCUT2D eigenvalue weighted by atomic mass is 32.1. The van der Waals surface area contributed by atoms with Crippen LogP contribution in [0.15, 0.2) is 29.7 Å². The standard InChI is InChI=1S/C23H37N3O2S/c1-6-26(17-18(2)3)22(28)11-7-10-21(27)24-19-12-14-23(15-13-19,25(4)5)20-9-8-16-29-20/h8-9,16,19H,2,6-7,10-15,17H2,1,3-5H3,(H,24,27). The van der Waals surface area contributed by atoms with Crippen LogP contribution in [-0.2, 0) is 15.1 Å². The zero-order valence-corrected chi connectivity index (χ0v) is 19.3. The number of rotatable bonds is 10. The summed E-state index contributed by atoms with van der Waals surface area (Å²) in [5.74, 6) is 0.173. The Kier molecular flexibility index (Phi) is 8.90. The molecule has 0 bridgehead atoms. The smallest absolute Gasteiger partial charge is 0.222 e. The fraction of sp³-hybridized carbons (Fsp3) is 0.652. The summed E-state index contributed by atoms with van der Waals surface area (Å²) in [5, 5.41) is 5.34. The van der Waals surface area contributed by atoms with Gasteiger partial charge in [-0.3, -0.25) is 14.5 Å². The van der Waals surface area contributed by atoms with Crippen LogP contribution < -0.4 is 5.32 Å².